The molecule has 5 nitrogen and oxygen atoms in total. The summed E-state index contributed by atoms with van der Waals surface area (Å²) in [4.78, 5) is 24.4. The second-order valence-electron chi connectivity index (χ2n) is 6.25. The number of amides is 1. The number of unbranched alkanes of at least 4 members (excludes halogenated alkanes) is 1. The number of hydrogen-bond donors (Lipinski definition) is 1. The van der Waals surface area contributed by atoms with Crippen molar-refractivity contribution in [3.8, 4) is 0 Å². The third kappa shape index (κ3) is 3.55. The molecule has 1 atom stereocenters. The van der Waals surface area contributed by atoms with Crippen LogP contribution in [0.25, 0.3) is 0 Å². The zero-order valence-corrected chi connectivity index (χ0v) is 14.0. The van der Waals surface area contributed by atoms with Gasteiger partial charge in [-0.15, -0.1) is 0 Å². The summed E-state index contributed by atoms with van der Waals surface area (Å²) in [6.45, 7) is 2.60. The number of aryl methyl sites for hydroxylation is 2. The Morgan fingerprint density at radius 2 is 2.12 bits per heavy atom. The smallest absolute Gasteiger partial charge is 0.272 e. The molecule has 0 saturated carbocycles. The summed E-state index contributed by atoms with van der Waals surface area (Å²) in [6, 6.07) is 11.2. The maximum atomic E-state index is 12.6. The zero-order valence-electron chi connectivity index (χ0n) is 14.0. The van der Waals surface area contributed by atoms with Crippen LogP contribution in [0, 0.1) is 0 Å². The van der Waals surface area contributed by atoms with Gasteiger partial charge in [-0.3, -0.25) is 9.59 Å². The molecule has 1 heterocycles. The number of benzene rings is 1. The molecule has 0 fully saturated rings. The van der Waals surface area contributed by atoms with E-state index in [1.807, 2.05) is 12.1 Å². The first-order chi connectivity index (χ1) is 11.7. The number of nitrogens with one attached hydrogen (secondary N) is 1. The highest BCUT2D eigenvalue weighted by Crippen LogP contribution is 2.29. The van der Waals surface area contributed by atoms with E-state index in [1.54, 1.807) is 0 Å². The van der Waals surface area contributed by atoms with Gasteiger partial charge in [-0.25, -0.2) is 4.68 Å². The van der Waals surface area contributed by atoms with Crippen molar-refractivity contribution in [1.82, 2.24) is 15.1 Å². The number of rotatable bonds is 5. The van der Waals surface area contributed by atoms with Crippen molar-refractivity contribution in [2.24, 2.45) is 0 Å². The molecule has 2 aromatic rings. The summed E-state index contributed by atoms with van der Waals surface area (Å²) in [5, 5.41) is 7.30. The van der Waals surface area contributed by atoms with Crippen LogP contribution in [0.5, 0.6) is 0 Å². The van der Waals surface area contributed by atoms with Crippen molar-refractivity contribution in [2.75, 3.05) is 0 Å². The molecule has 0 spiro atoms. The van der Waals surface area contributed by atoms with Crippen LogP contribution in [0.2, 0.25) is 0 Å². The first-order valence-electron chi connectivity index (χ1n) is 8.66. The van der Waals surface area contributed by atoms with Crippen LogP contribution >= 0.6 is 0 Å². The van der Waals surface area contributed by atoms with Crippen molar-refractivity contribution < 1.29 is 4.79 Å². The number of carbonyl (C=O) groups excluding carboxylic acids is 1. The van der Waals surface area contributed by atoms with Gasteiger partial charge in [0.15, 0.2) is 0 Å². The molecule has 1 aliphatic rings. The Morgan fingerprint density at radius 1 is 1.29 bits per heavy atom. The topological polar surface area (TPSA) is 64.0 Å². The van der Waals surface area contributed by atoms with Crippen LogP contribution in [0.3, 0.4) is 0 Å². The van der Waals surface area contributed by atoms with Gasteiger partial charge in [-0.05, 0) is 42.9 Å². The molecule has 3 rings (SSSR count). The summed E-state index contributed by atoms with van der Waals surface area (Å²) < 4.78 is 1.38. The largest absolute Gasteiger partial charge is 0.344 e. The maximum Gasteiger partial charge on any atom is 0.272 e. The predicted octanol–water partition coefficient (Wildman–Crippen LogP) is 2.85. The van der Waals surface area contributed by atoms with Gasteiger partial charge in [0, 0.05) is 12.6 Å². The predicted molar refractivity (Wildman–Crippen MR) is 93.0 cm³/mol. The number of fused-ring (bicyclic) bond motifs is 1. The van der Waals surface area contributed by atoms with Gasteiger partial charge in [0.05, 0.1) is 6.04 Å². The summed E-state index contributed by atoms with van der Waals surface area (Å²) in [6.07, 6.45) is 4.89. The van der Waals surface area contributed by atoms with Gasteiger partial charge in [0.25, 0.3) is 11.5 Å². The van der Waals surface area contributed by atoms with Gasteiger partial charge < -0.3 is 5.32 Å². The first kappa shape index (κ1) is 16.4. The third-order valence-corrected chi connectivity index (χ3v) is 4.50. The van der Waals surface area contributed by atoms with E-state index in [9.17, 15) is 9.59 Å². The Kier molecular flexibility index (Phi) is 5.08. The van der Waals surface area contributed by atoms with Gasteiger partial charge >= 0.3 is 0 Å². The first-order valence-corrected chi connectivity index (χ1v) is 8.66. The van der Waals surface area contributed by atoms with Gasteiger partial charge in [0.1, 0.15) is 5.69 Å². The zero-order chi connectivity index (χ0) is 16.9. The minimum absolute atomic E-state index is 0.0141. The Bertz CT molecular complexity index is 782. The fourth-order valence-corrected chi connectivity index (χ4v) is 3.17. The van der Waals surface area contributed by atoms with E-state index in [-0.39, 0.29) is 17.5 Å². The van der Waals surface area contributed by atoms with Gasteiger partial charge in [-0.1, -0.05) is 37.6 Å². The van der Waals surface area contributed by atoms with Crippen molar-refractivity contribution >= 4 is 5.91 Å². The van der Waals surface area contributed by atoms with Gasteiger partial charge in [0.2, 0.25) is 0 Å². The van der Waals surface area contributed by atoms with E-state index in [0.29, 0.717) is 12.2 Å². The Balaban J connectivity index is 1.77. The number of nitrogens with zero attached hydrogens (tertiary/aromatic N) is 2. The molecular weight excluding hydrogens is 302 g/mol. The highest BCUT2D eigenvalue weighted by molar-refractivity contribution is 5.92. The SMILES string of the molecule is CCCCn1nc(C(=O)NC2CCCc3ccccc32)ccc1=O. The van der Waals surface area contributed by atoms with Crippen molar-refractivity contribution in [3.63, 3.8) is 0 Å². The standard InChI is InChI=1S/C19H23N3O2/c1-2-3-13-22-18(23)12-11-17(21-22)19(24)20-16-10-6-8-14-7-4-5-9-15(14)16/h4-5,7,9,11-12,16H,2-3,6,8,10,13H2,1H3,(H,20,24). The fraction of sp³-hybridized carbons (Fsp3) is 0.421. The fourth-order valence-electron chi connectivity index (χ4n) is 3.17. The highest BCUT2D eigenvalue weighted by atomic mass is 16.2. The van der Waals surface area contributed by atoms with Crippen LogP contribution in [0.4, 0.5) is 0 Å². The molecule has 1 amide bonds. The molecule has 24 heavy (non-hydrogen) atoms. The molecule has 1 aliphatic carbocycles. The lowest BCUT2D eigenvalue weighted by molar-refractivity contribution is 0.0925. The van der Waals surface area contributed by atoms with E-state index in [0.717, 1.165) is 32.1 Å². The van der Waals surface area contributed by atoms with E-state index in [4.69, 9.17) is 0 Å². The summed E-state index contributed by atoms with van der Waals surface area (Å²) in [7, 11) is 0. The second-order valence-corrected chi connectivity index (χ2v) is 6.25. The van der Waals surface area contributed by atoms with Crippen molar-refractivity contribution in [1.29, 1.82) is 0 Å². The highest BCUT2D eigenvalue weighted by Gasteiger charge is 2.22. The monoisotopic (exact) mass is 325 g/mol. The lowest BCUT2D eigenvalue weighted by Gasteiger charge is -2.26. The Labute approximate surface area is 141 Å². The van der Waals surface area contributed by atoms with E-state index in [2.05, 4.69) is 29.5 Å². The normalized spacial score (nSPS) is 16.5. The number of aromatic nitrogens is 2. The molecule has 1 unspecified atom stereocenters. The molecule has 1 aromatic carbocycles. The number of hydrogen-bond acceptors (Lipinski definition) is 3. The molecule has 126 valence electrons. The molecule has 1 aromatic heterocycles. The van der Waals surface area contributed by atoms with E-state index in [1.165, 1.54) is 27.9 Å². The molecule has 0 aliphatic heterocycles. The Hall–Kier alpha value is -2.43. The molecule has 0 bridgehead atoms. The second kappa shape index (κ2) is 7.43. The number of carbonyl (C=O) groups is 1. The van der Waals surface area contributed by atoms with E-state index >= 15 is 0 Å². The van der Waals surface area contributed by atoms with Crippen LogP contribution in [0.15, 0.2) is 41.2 Å². The van der Waals surface area contributed by atoms with Crippen LogP contribution in [0.1, 0.15) is 60.3 Å². The minimum Gasteiger partial charge on any atom is -0.344 e. The van der Waals surface area contributed by atoms with Crippen LogP contribution in [-0.2, 0) is 13.0 Å². The average Bonchev–Trinajstić information content (AvgIpc) is 2.61. The van der Waals surface area contributed by atoms with Crippen molar-refractivity contribution in [2.45, 2.75) is 51.6 Å². The minimum atomic E-state index is -0.220. The summed E-state index contributed by atoms with van der Waals surface area (Å²) in [5.41, 5.74) is 2.63. The maximum absolute atomic E-state index is 12.6. The molecular formula is C19H23N3O2. The summed E-state index contributed by atoms with van der Waals surface area (Å²) in [5.74, 6) is -0.220. The lowest BCUT2D eigenvalue weighted by Crippen LogP contribution is -2.33. The van der Waals surface area contributed by atoms with Crippen LogP contribution < -0.4 is 10.9 Å². The van der Waals surface area contributed by atoms with Gasteiger partial charge in [-0.2, -0.15) is 5.10 Å². The van der Waals surface area contributed by atoms with Crippen molar-refractivity contribution in [3.05, 3.63) is 63.6 Å². The Morgan fingerprint density at radius 3 is 2.96 bits per heavy atom. The molecule has 0 saturated heterocycles. The molecule has 5 heteroatoms. The van der Waals surface area contributed by atoms with E-state index < -0.39 is 0 Å². The lowest BCUT2D eigenvalue weighted by atomic mass is 9.87. The third-order valence-electron chi connectivity index (χ3n) is 4.50. The quantitative estimate of drug-likeness (QED) is 0.919. The molecule has 1 N–H and O–H groups in total. The summed E-state index contributed by atoms with van der Waals surface area (Å²) >= 11 is 0. The molecule has 0 radical (unpaired) electrons. The average molecular weight is 325 g/mol. The van der Waals surface area contributed by atoms with Crippen LogP contribution in [-0.4, -0.2) is 15.7 Å².